The minimum absolute atomic E-state index is 0.158. The summed E-state index contributed by atoms with van der Waals surface area (Å²) in [6.45, 7) is 0.929. The van der Waals surface area contributed by atoms with E-state index in [-0.39, 0.29) is 13.2 Å². The fourth-order valence-corrected chi connectivity index (χ4v) is 3.54. The second-order valence-electron chi connectivity index (χ2n) is 4.98. The van der Waals surface area contributed by atoms with Crippen molar-refractivity contribution in [3.05, 3.63) is 48.2 Å². The van der Waals surface area contributed by atoms with E-state index in [0.29, 0.717) is 18.8 Å². The Bertz CT molecular complexity index is 687. The van der Waals surface area contributed by atoms with Crippen molar-refractivity contribution in [1.29, 1.82) is 0 Å². The average molecular weight is 307 g/mol. The van der Waals surface area contributed by atoms with Gasteiger partial charge in [-0.05, 0) is 18.6 Å². The molecule has 1 fully saturated rings. The van der Waals surface area contributed by atoms with Gasteiger partial charge in [0.1, 0.15) is 16.8 Å². The lowest BCUT2D eigenvalue weighted by molar-refractivity contribution is 0.198. The van der Waals surface area contributed by atoms with E-state index < -0.39 is 15.3 Å². The van der Waals surface area contributed by atoms with E-state index >= 15 is 0 Å². The molecule has 112 valence electrons. The summed E-state index contributed by atoms with van der Waals surface area (Å²) in [7, 11) is -3.35. The van der Waals surface area contributed by atoms with Crippen LogP contribution in [0.5, 0.6) is 0 Å². The topological polar surface area (TPSA) is 68.5 Å². The Morgan fingerprint density at radius 1 is 1.14 bits per heavy atom. The van der Waals surface area contributed by atoms with Crippen molar-refractivity contribution < 1.29 is 17.6 Å². The van der Waals surface area contributed by atoms with Crippen molar-refractivity contribution in [2.24, 2.45) is 0 Å². The van der Waals surface area contributed by atoms with Gasteiger partial charge in [-0.2, -0.15) is 0 Å². The van der Waals surface area contributed by atoms with Crippen molar-refractivity contribution in [2.75, 3.05) is 13.2 Å². The summed E-state index contributed by atoms with van der Waals surface area (Å²) in [4.78, 5) is 0. The molecule has 0 amide bonds. The van der Waals surface area contributed by atoms with Crippen LogP contribution in [-0.2, 0) is 21.3 Å². The fourth-order valence-electron chi connectivity index (χ4n) is 2.28. The summed E-state index contributed by atoms with van der Waals surface area (Å²) in [6.07, 6.45) is 0.544. The van der Waals surface area contributed by atoms with Gasteiger partial charge < -0.3 is 9.15 Å². The zero-order valence-electron chi connectivity index (χ0n) is 11.5. The van der Waals surface area contributed by atoms with E-state index in [1.807, 2.05) is 36.4 Å². The molecule has 5 nitrogen and oxygen atoms in total. The summed E-state index contributed by atoms with van der Waals surface area (Å²) in [5.74, 6) is 1.32. The lowest BCUT2D eigenvalue weighted by Gasteiger charge is -2.09. The number of sulfonamides is 1. The molecule has 6 heteroatoms. The van der Waals surface area contributed by atoms with Crippen LogP contribution in [0, 0.1) is 0 Å². The van der Waals surface area contributed by atoms with Crippen molar-refractivity contribution >= 4 is 10.0 Å². The number of furan rings is 1. The highest BCUT2D eigenvalue weighted by molar-refractivity contribution is 7.90. The van der Waals surface area contributed by atoms with Crippen LogP contribution in [-0.4, -0.2) is 26.9 Å². The third-order valence-electron chi connectivity index (χ3n) is 3.49. The first kappa shape index (κ1) is 14.3. The van der Waals surface area contributed by atoms with Gasteiger partial charge in [-0.1, -0.05) is 30.3 Å². The number of rotatable bonds is 5. The van der Waals surface area contributed by atoms with Gasteiger partial charge in [-0.3, -0.25) is 0 Å². The highest BCUT2D eigenvalue weighted by Crippen LogP contribution is 2.22. The first-order chi connectivity index (χ1) is 10.1. The summed E-state index contributed by atoms with van der Waals surface area (Å²) in [6, 6.07) is 13.3. The SMILES string of the molecule is O=S(=O)(NCc1ccc(-c2ccccc2)o1)[C@@H]1CCOC1. The molecule has 0 saturated carbocycles. The Morgan fingerprint density at radius 3 is 2.67 bits per heavy atom. The van der Waals surface area contributed by atoms with Crippen LogP contribution in [0.3, 0.4) is 0 Å². The first-order valence-electron chi connectivity index (χ1n) is 6.85. The maximum Gasteiger partial charge on any atom is 0.217 e. The summed E-state index contributed by atoms with van der Waals surface area (Å²) in [5, 5.41) is -0.457. The van der Waals surface area contributed by atoms with Crippen LogP contribution in [0.25, 0.3) is 11.3 Å². The minimum Gasteiger partial charge on any atom is -0.460 e. The van der Waals surface area contributed by atoms with Gasteiger partial charge >= 0.3 is 0 Å². The van der Waals surface area contributed by atoms with Gasteiger partial charge in [0.05, 0.1) is 13.2 Å². The maximum atomic E-state index is 12.1. The minimum atomic E-state index is -3.35. The van der Waals surface area contributed by atoms with Crippen LogP contribution in [0.4, 0.5) is 0 Å². The third kappa shape index (κ3) is 3.34. The summed E-state index contributed by atoms with van der Waals surface area (Å²) in [5.41, 5.74) is 0.968. The van der Waals surface area contributed by atoms with Crippen LogP contribution in [0.15, 0.2) is 46.9 Å². The van der Waals surface area contributed by atoms with Crippen LogP contribution < -0.4 is 4.72 Å². The number of ether oxygens (including phenoxy) is 1. The Kier molecular flexibility index (Phi) is 4.10. The molecular weight excluding hydrogens is 290 g/mol. The number of hydrogen-bond acceptors (Lipinski definition) is 4. The predicted molar refractivity (Wildman–Crippen MR) is 79.1 cm³/mol. The maximum absolute atomic E-state index is 12.1. The van der Waals surface area contributed by atoms with E-state index in [4.69, 9.17) is 9.15 Å². The van der Waals surface area contributed by atoms with E-state index in [1.165, 1.54) is 0 Å². The monoisotopic (exact) mass is 307 g/mol. The second-order valence-corrected chi connectivity index (χ2v) is 7.03. The lowest BCUT2D eigenvalue weighted by Crippen LogP contribution is -2.34. The molecule has 1 N–H and O–H groups in total. The van der Waals surface area contributed by atoms with Gasteiger partial charge in [-0.15, -0.1) is 0 Å². The van der Waals surface area contributed by atoms with Gasteiger partial charge in [0.2, 0.25) is 10.0 Å². The molecule has 1 aliphatic rings. The Balaban J connectivity index is 1.65. The molecule has 0 bridgehead atoms. The normalized spacial score (nSPS) is 19.0. The number of benzene rings is 1. The van der Waals surface area contributed by atoms with Crippen LogP contribution >= 0.6 is 0 Å². The van der Waals surface area contributed by atoms with Gasteiger partial charge in [0, 0.05) is 12.2 Å². The zero-order chi connectivity index (χ0) is 14.7. The molecule has 1 saturated heterocycles. The molecule has 1 aromatic carbocycles. The Labute approximate surface area is 124 Å². The average Bonchev–Trinajstić information content (AvgIpc) is 3.18. The molecule has 1 aliphatic heterocycles. The van der Waals surface area contributed by atoms with Crippen molar-refractivity contribution in [1.82, 2.24) is 4.72 Å². The third-order valence-corrected chi connectivity index (χ3v) is 5.29. The smallest absolute Gasteiger partial charge is 0.217 e. The summed E-state index contributed by atoms with van der Waals surface area (Å²) < 4.78 is 37.5. The molecular formula is C15H17NO4S. The highest BCUT2D eigenvalue weighted by Gasteiger charge is 2.29. The van der Waals surface area contributed by atoms with E-state index in [9.17, 15) is 8.42 Å². The van der Waals surface area contributed by atoms with Crippen LogP contribution in [0.1, 0.15) is 12.2 Å². The molecule has 2 aromatic rings. The van der Waals surface area contributed by atoms with Crippen molar-refractivity contribution in [2.45, 2.75) is 18.2 Å². The molecule has 1 aromatic heterocycles. The van der Waals surface area contributed by atoms with E-state index in [1.54, 1.807) is 6.07 Å². The molecule has 0 radical (unpaired) electrons. The molecule has 0 spiro atoms. The van der Waals surface area contributed by atoms with Crippen LogP contribution in [0.2, 0.25) is 0 Å². The number of nitrogens with one attached hydrogen (secondary N) is 1. The van der Waals surface area contributed by atoms with E-state index in [2.05, 4.69) is 4.72 Å². The molecule has 21 heavy (non-hydrogen) atoms. The fraction of sp³-hybridized carbons (Fsp3) is 0.333. The standard InChI is InChI=1S/C15H17NO4S/c17-21(18,14-8-9-19-11-14)16-10-13-6-7-15(20-13)12-4-2-1-3-5-12/h1-7,14,16H,8-11H2/t14-/m1/s1. The van der Waals surface area contributed by atoms with Gasteiger partial charge in [0.15, 0.2) is 0 Å². The first-order valence-corrected chi connectivity index (χ1v) is 8.40. The second kappa shape index (κ2) is 6.01. The molecule has 0 aliphatic carbocycles. The summed E-state index contributed by atoms with van der Waals surface area (Å²) >= 11 is 0. The van der Waals surface area contributed by atoms with Crippen molar-refractivity contribution in [3.8, 4) is 11.3 Å². The van der Waals surface area contributed by atoms with Gasteiger partial charge in [0.25, 0.3) is 0 Å². The lowest BCUT2D eigenvalue weighted by atomic mass is 10.2. The highest BCUT2D eigenvalue weighted by atomic mass is 32.2. The van der Waals surface area contributed by atoms with Gasteiger partial charge in [-0.25, -0.2) is 13.1 Å². The zero-order valence-corrected chi connectivity index (χ0v) is 12.3. The van der Waals surface area contributed by atoms with Crippen molar-refractivity contribution in [3.63, 3.8) is 0 Å². The predicted octanol–water partition coefficient (Wildman–Crippen LogP) is 2.15. The Hall–Kier alpha value is -1.63. The molecule has 3 rings (SSSR count). The van der Waals surface area contributed by atoms with E-state index in [0.717, 1.165) is 11.3 Å². The molecule has 2 heterocycles. The largest absolute Gasteiger partial charge is 0.460 e. The number of hydrogen-bond donors (Lipinski definition) is 1. The molecule has 1 atom stereocenters. The molecule has 0 unspecified atom stereocenters. The Morgan fingerprint density at radius 2 is 1.95 bits per heavy atom. The quantitative estimate of drug-likeness (QED) is 0.919.